The largest absolute Gasteiger partial charge is 0.419 e. The second-order valence-electron chi connectivity index (χ2n) is 5.72. The molecule has 118 valence electrons. The first kappa shape index (κ1) is 16.6. The van der Waals surface area contributed by atoms with Gasteiger partial charge in [0.25, 0.3) is 0 Å². The van der Waals surface area contributed by atoms with Gasteiger partial charge in [-0.05, 0) is 46.7 Å². The van der Waals surface area contributed by atoms with Crippen LogP contribution < -0.4 is 5.32 Å². The van der Waals surface area contributed by atoms with Crippen molar-refractivity contribution >= 4 is 21.7 Å². The van der Waals surface area contributed by atoms with Gasteiger partial charge in [-0.2, -0.15) is 13.2 Å². The van der Waals surface area contributed by atoms with E-state index in [0.29, 0.717) is 16.9 Å². The molecule has 1 fully saturated rings. The topological polar surface area (TPSA) is 24.9 Å². The highest BCUT2D eigenvalue weighted by atomic mass is 79.9. The van der Waals surface area contributed by atoms with Crippen LogP contribution in [0.5, 0.6) is 0 Å². The summed E-state index contributed by atoms with van der Waals surface area (Å²) in [5.74, 6) is 1.17. The molecule has 0 aromatic carbocycles. The molecule has 6 heteroatoms. The molecule has 0 amide bonds. The molecule has 0 aliphatic heterocycles. The summed E-state index contributed by atoms with van der Waals surface area (Å²) < 4.78 is 39.3. The Morgan fingerprint density at radius 3 is 2.43 bits per heavy atom. The van der Waals surface area contributed by atoms with E-state index in [2.05, 4.69) is 33.2 Å². The molecule has 2 rings (SSSR count). The molecule has 0 saturated heterocycles. The number of nitrogens with zero attached hydrogens (tertiary/aromatic N) is 1. The summed E-state index contributed by atoms with van der Waals surface area (Å²) in [6.07, 6.45) is 2.75. The fraction of sp³-hybridized carbons (Fsp3) is 0.667. The summed E-state index contributed by atoms with van der Waals surface area (Å²) in [5.41, 5.74) is -0.709. The van der Waals surface area contributed by atoms with E-state index in [-0.39, 0.29) is 5.82 Å². The van der Waals surface area contributed by atoms with E-state index in [1.54, 1.807) is 0 Å². The first-order chi connectivity index (χ1) is 9.90. The standard InChI is InChI=1S/C15H20BrF3N2/c1-2-10-3-5-11(6-4-10)8-20-14-13(15(17,18)19)7-12(16)9-21-14/h7,9-11H,2-6,8H2,1H3,(H,20,21). The minimum atomic E-state index is -4.39. The van der Waals surface area contributed by atoms with Gasteiger partial charge in [-0.1, -0.05) is 26.2 Å². The molecule has 0 radical (unpaired) electrons. The SMILES string of the molecule is CCC1CCC(CNc2ncc(Br)cc2C(F)(F)F)CC1. The number of anilines is 1. The van der Waals surface area contributed by atoms with Gasteiger partial charge in [0.05, 0.1) is 5.56 Å². The van der Waals surface area contributed by atoms with E-state index in [4.69, 9.17) is 0 Å². The molecule has 0 atom stereocenters. The summed E-state index contributed by atoms with van der Waals surface area (Å²) in [4.78, 5) is 3.88. The predicted octanol–water partition coefficient (Wildman–Crippen LogP) is 5.49. The average Bonchev–Trinajstić information content (AvgIpc) is 2.45. The van der Waals surface area contributed by atoms with Crippen molar-refractivity contribution in [1.29, 1.82) is 0 Å². The van der Waals surface area contributed by atoms with Crippen LogP contribution in [0.4, 0.5) is 19.0 Å². The summed E-state index contributed by atoms with van der Waals surface area (Å²) in [7, 11) is 0. The molecule has 1 saturated carbocycles. The first-order valence-electron chi connectivity index (χ1n) is 7.36. The number of aromatic nitrogens is 1. The summed E-state index contributed by atoms with van der Waals surface area (Å²) in [5, 5.41) is 2.90. The quantitative estimate of drug-likeness (QED) is 0.763. The first-order valence-corrected chi connectivity index (χ1v) is 8.16. The zero-order valence-electron chi connectivity index (χ0n) is 12.0. The number of hydrogen-bond acceptors (Lipinski definition) is 2. The molecular formula is C15H20BrF3N2. The molecular weight excluding hydrogens is 345 g/mol. The fourth-order valence-corrected chi connectivity index (χ4v) is 3.21. The lowest BCUT2D eigenvalue weighted by atomic mass is 9.81. The average molecular weight is 365 g/mol. The van der Waals surface area contributed by atoms with E-state index in [0.717, 1.165) is 24.8 Å². The van der Waals surface area contributed by atoms with Gasteiger partial charge in [0.15, 0.2) is 0 Å². The van der Waals surface area contributed by atoms with Crippen molar-refractivity contribution in [2.45, 2.75) is 45.2 Å². The molecule has 2 nitrogen and oxygen atoms in total. The Kier molecular flexibility index (Phi) is 5.52. The second kappa shape index (κ2) is 6.99. The fourth-order valence-electron chi connectivity index (χ4n) is 2.88. The Morgan fingerprint density at radius 1 is 1.24 bits per heavy atom. The minimum Gasteiger partial charge on any atom is -0.369 e. The van der Waals surface area contributed by atoms with Crippen LogP contribution in [0.25, 0.3) is 0 Å². The molecule has 1 aromatic rings. The van der Waals surface area contributed by atoms with Crippen molar-refractivity contribution in [1.82, 2.24) is 4.98 Å². The van der Waals surface area contributed by atoms with Gasteiger partial charge in [0.2, 0.25) is 0 Å². The van der Waals surface area contributed by atoms with E-state index >= 15 is 0 Å². The Hall–Kier alpha value is -0.780. The smallest absolute Gasteiger partial charge is 0.369 e. The van der Waals surface area contributed by atoms with Crippen LogP contribution in [0.2, 0.25) is 0 Å². The molecule has 0 bridgehead atoms. The van der Waals surface area contributed by atoms with Gasteiger partial charge in [0, 0.05) is 17.2 Å². The lowest BCUT2D eigenvalue weighted by Gasteiger charge is -2.28. The highest BCUT2D eigenvalue weighted by molar-refractivity contribution is 9.10. The van der Waals surface area contributed by atoms with Gasteiger partial charge in [-0.3, -0.25) is 0 Å². The lowest BCUT2D eigenvalue weighted by molar-refractivity contribution is -0.137. The number of hydrogen-bond donors (Lipinski definition) is 1. The van der Waals surface area contributed by atoms with Crippen LogP contribution in [0.15, 0.2) is 16.7 Å². The van der Waals surface area contributed by atoms with Crippen LogP contribution in [0, 0.1) is 11.8 Å². The van der Waals surface area contributed by atoms with Crippen LogP contribution in [-0.2, 0) is 6.18 Å². The summed E-state index contributed by atoms with van der Waals surface area (Å²) in [6, 6.07) is 1.07. The van der Waals surface area contributed by atoms with E-state index in [1.165, 1.54) is 25.5 Å². The van der Waals surface area contributed by atoms with E-state index in [1.807, 2.05) is 0 Å². The van der Waals surface area contributed by atoms with Crippen molar-refractivity contribution in [3.8, 4) is 0 Å². The zero-order valence-corrected chi connectivity index (χ0v) is 13.6. The number of alkyl halides is 3. The van der Waals surface area contributed by atoms with E-state index < -0.39 is 11.7 Å². The second-order valence-corrected chi connectivity index (χ2v) is 6.64. The molecule has 0 unspecified atom stereocenters. The third-order valence-electron chi connectivity index (χ3n) is 4.26. The normalized spacial score (nSPS) is 23.1. The minimum absolute atomic E-state index is 0.0664. The van der Waals surface area contributed by atoms with Crippen molar-refractivity contribution in [2.75, 3.05) is 11.9 Å². The maximum Gasteiger partial charge on any atom is 0.419 e. The van der Waals surface area contributed by atoms with Crippen LogP contribution in [0.1, 0.15) is 44.6 Å². The number of rotatable bonds is 4. The predicted molar refractivity (Wildman–Crippen MR) is 81.2 cm³/mol. The third-order valence-corrected chi connectivity index (χ3v) is 4.70. The molecule has 1 aliphatic rings. The number of halogens is 4. The Morgan fingerprint density at radius 2 is 1.86 bits per heavy atom. The highest BCUT2D eigenvalue weighted by Crippen LogP contribution is 2.36. The zero-order chi connectivity index (χ0) is 15.5. The molecule has 21 heavy (non-hydrogen) atoms. The Bertz CT molecular complexity index is 468. The maximum atomic E-state index is 13.0. The van der Waals surface area contributed by atoms with Crippen LogP contribution >= 0.6 is 15.9 Å². The molecule has 1 aromatic heterocycles. The summed E-state index contributed by atoms with van der Waals surface area (Å²) in [6.45, 7) is 2.76. The summed E-state index contributed by atoms with van der Waals surface area (Å²) >= 11 is 3.04. The Labute approximate surface area is 131 Å². The number of pyridine rings is 1. The van der Waals surface area contributed by atoms with Crippen molar-refractivity contribution in [3.05, 3.63) is 22.3 Å². The van der Waals surface area contributed by atoms with Gasteiger partial charge in [-0.25, -0.2) is 4.98 Å². The molecule has 1 N–H and O–H groups in total. The highest BCUT2D eigenvalue weighted by Gasteiger charge is 2.34. The lowest BCUT2D eigenvalue weighted by Crippen LogP contribution is -2.22. The molecule has 1 heterocycles. The molecule has 1 aliphatic carbocycles. The van der Waals surface area contributed by atoms with Gasteiger partial charge in [-0.15, -0.1) is 0 Å². The maximum absolute atomic E-state index is 13.0. The monoisotopic (exact) mass is 364 g/mol. The van der Waals surface area contributed by atoms with Crippen molar-refractivity contribution in [3.63, 3.8) is 0 Å². The van der Waals surface area contributed by atoms with Crippen molar-refractivity contribution < 1.29 is 13.2 Å². The van der Waals surface area contributed by atoms with Crippen LogP contribution in [-0.4, -0.2) is 11.5 Å². The van der Waals surface area contributed by atoms with Gasteiger partial charge < -0.3 is 5.32 Å². The van der Waals surface area contributed by atoms with Gasteiger partial charge >= 0.3 is 6.18 Å². The number of nitrogens with one attached hydrogen (secondary N) is 1. The van der Waals surface area contributed by atoms with E-state index in [9.17, 15) is 13.2 Å². The molecule has 0 spiro atoms. The van der Waals surface area contributed by atoms with Gasteiger partial charge in [0.1, 0.15) is 5.82 Å². The third kappa shape index (κ3) is 4.59. The Balaban J connectivity index is 1.97. The van der Waals surface area contributed by atoms with Crippen molar-refractivity contribution in [2.24, 2.45) is 11.8 Å². The van der Waals surface area contributed by atoms with Crippen LogP contribution in [0.3, 0.4) is 0 Å².